The standard InChI is InChI=1S/C17H18F2N8O2S/c1-3-6-30(28,29)27-16-13(19)14(10(18)8-23-16)26-17-15(21-4-5-22-17)11-7-12(20-2)25-9-24-11/h4-5,7-9H,3,6H2,1-2H3,(H,20,24,25)(H2,22,23,26,27). The molecule has 0 aliphatic rings. The smallest absolute Gasteiger partial charge is 0.233 e. The molecule has 0 saturated heterocycles. The molecular formula is C17H18F2N8O2S. The van der Waals surface area contributed by atoms with E-state index in [1.165, 1.54) is 18.7 Å². The normalized spacial score (nSPS) is 11.2. The molecule has 3 heterocycles. The van der Waals surface area contributed by atoms with Crippen molar-refractivity contribution in [3.8, 4) is 11.4 Å². The number of aromatic nitrogens is 5. The molecule has 0 bridgehead atoms. The molecule has 0 aliphatic carbocycles. The summed E-state index contributed by atoms with van der Waals surface area (Å²) in [6.45, 7) is 1.66. The summed E-state index contributed by atoms with van der Waals surface area (Å²) in [4.78, 5) is 19.9. The van der Waals surface area contributed by atoms with Gasteiger partial charge in [-0.05, 0) is 6.42 Å². The first kappa shape index (κ1) is 21.2. The quantitative estimate of drug-likeness (QED) is 0.487. The van der Waals surface area contributed by atoms with E-state index in [2.05, 4.69) is 35.6 Å². The van der Waals surface area contributed by atoms with Gasteiger partial charge in [-0.3, -0.25) is 4.72 Å². The topological polar surface area (TPSA) is 135 Å². The Morgan fingerprint density at radius 1 is 1.03 bits per heavy atom. The lowest BCUT2D eigenvalue weighted by atomic mass is 10.2. The Morgan fingerprint density at radius 2 is 1.80 bits per heavy atom. The molecule has 158 valence electrons. The van der Waals surface area contributed by atoms with Crippen LogP contribution in [0.4, 0.5) is 31.9 Å². The lowest BCUT2D eigenvalue weighted by Gasteiger charge is -2.14. The van der Waals surface area contributed by atoms with Gasteiger partial charge in [0.1, 0.15) is 23.5 Å². The summed E-state index contributed by atoms with van der Waals surface area (Å²) in [6, 6.07) is 1.58. The van der Waals surface area contributed by atoms with E-state index in [0.717, 1.165) is 0 Å². The maximum Gasteiger partial charge on any atom is 0.233 e. The van der Waals surface area contributed by atoms with E-state index >= 15 is 0 Å². The summed E-state index contributed by atoms with van der Waals surface area (Å²) in [5, 5.41) is 5.37. The molecule has 0 aliphatic heterocycles. The molecule has 3 aromatic heterocycles. The molecule has 3 aromatic rings. The van der Waals surface area contributed by atoms with E-state index < -0.39 is 33.2 Å². The van der Waals surface area contributed by atoms with Crippen molar-refractivity contribution in [3.63, 3.8) is 0 Å². The zero-order chi connectivity index (χ0) is 21.7. The second-order valence-corrected chi connectivity index (χ2v) is 7.82. The highest BCUT2D eigenvalue weighted by atomic mass is 32.2. The Kier molecular flexibility index (Phi) is 6.30. The average Bonchev–Trinajstić information content (AvgIpc) is 2.73. The number of hydrogen-bond donors (Lipinski definition) is 3. The van der Waals surface area contributed by atoms with Gasteiger partial charge >= 0.3 is 0 Å². The van der Waals surface area contributed by atoms with Crippen LogP contribution < -0.4 is 15.4 Å². The Bertz CT molecular complexity index is 1160. The molecule has 13 heteroatoms. The Morgan fingerprint density at radius 3 is 2.53 bits per heavy atom. The number of anilines is 4. The van der Waals surface area contributed by atoms with Crippen LogP contribution in [0.15, 0.2) is 31.0 Å². The summed E-state index contributed by atoms with van der Waals surface area (Å²) < 4.78 is 55.1. The number of sulfonamides is 1. The van der Waals surface area contributed by atoms with Gasteiger partial charge in [0.25, 0.3) is 0 Å². The van der Waals surface area contributed by atoms with Crippen LogP contribution in [0.5, 0.6) is 0 Å². The number of nitrogens with zero attached hydrogens (tertiary/aromatic N) is 5. The second kappa shape index (κ2) is 8.90. The molecule has 0 amide bonds. The highest BCUT2D eigenvalue weighted by Gasteiger charge is 2.21. The molecule has 0 spiro atoms. The number of nitrogens with one attached hydrogen (secondary N) is 3. The van der Waals surface area contributed by atoms with Crippen LogP contribution in [0.25, 0.3) is 11.4 Å². The van der Waals surface area contributed by atoms with Gasteiger partial charge in [-0.25, -0.2) is 42.1 Å². The molecule has 3 rings (SSSR count). The van der Waals surface area contributed by atoms with Gasteiger partial charge in [0.15, 0.2) is 23.3 Å². The SMILES string of the molecule is CCCS(=O)(=O)Nc1ncc(F)c(Nc2nccnc2-c2cc(NC)ncn2)c1F. The number of pyridine rings is 1. The predicted octanol–water partition coefficient (Wildman–Crippen LogP) is 2.54. The maximum atomic E-state index is 14.9. The predicted molar refractivity (Wildman–Crippen MR) is 108 cm³/mol. The third-order valence-electron chi connectivity index (χ3n) is 3.81. The molecule has 30 heavy (non-hydrogen) atoms. The highest BCUT2D eigenvalue weighted by Crippen LogP contribution is 2.30. The summed E-state index contributed by atoms with van der Waals surface area (Å²) in [5.41, 5.74) is -0.0762. The van der Waals surface area contributed by atoms with Gasteiger partial charge in [-0.1, -0.05) is 6.92 Å². The van der Waals surface area contributed by atoms with Crippen molar-refractivity contribution in [2.75, 3.05) is 28.2 Å². The summed E-state index contributed by atoms with van der Waals surface area (Å²) in [6.07, 6.45) is 5.04. The lowest BCUT2D eigenvalue weighted by Crippen LogP contribution is -2.18. The molecule has 0 radical (unpaired) electrons. The van der Waals surface area contributed by atoms with Gasteiger partial charge in [0.2, 0.25) is 10.0 Å². The zero-order valence-electron chi connectivity index (χ0n) is 16.0. The molecule has 0 unspecified atom stereocenters. The van der Waals surface area contributed by atoms with Crippen LogP contribution in [0.1, 0.15) is 13.3 Å². The molecule has 3 N–H and O–H groups in total. The second-order valence-electron chi connectivity index (χ2n) is 5.98. The molecule has 10 nitrogen and oxygen atoms in total. The summed E-state index contributed by atoms with van der Waals surface area (Å²) >= 11 is 0. The van der Waals surface area contributed by atoms with Crippen molar-refractivity contribution in [2.45, 2.75) is 13.3 Å². The number of halogens is 2. The van der Waals surface area contributed by atoms with Gasteiger partial charge in [0, 0.05) is 25.5 Å². The number of hydrogen-bond acceptors (Lipinski definition) is 9. The Labute approximate surface area is 171 Å². The molecule has 0 fully saturated rings. The molecule has 0 atom stereocenters. The zero-order valence-corrected chi connectivity index (χ0v) is 16.8. The summed E-state index contributed by atoms with van der Waals surface area (Å²) in [7, 11) is -2.15. The first-order valence-electron chi connectivity index (χ1n) is 8.77. The third kappa shape index (κ3) is 4.74. The van der Waals surface area contributed by atoms with Crippen LogP contribution in [0.3, 0.4) is 0 Å². The fraction of sp³-hybridized carbons (Fsp3) is 0.235. The van der Waals surface area contributed by atoms with Crippen molar-refractivity contribution in [2.24, 2.45) is 0 Å². The van der Waals surface area contributed by atoms with Gasteiger partial charge in [0.05, 0.1) is 17.6 Å². The van der Waals surface area contributed by atoms with Gasteiger partial charge in [-0.2, -0.15) is 0 Å². The molecule has 0 saturated carbocycles. The summed E-state index contributed by atoms with van der Waals surface area (Å²) in [5.74, 6) is -2.61. The lowest BCUT2D eigenvalue weighted by molar-refractivity contribution is 0.580. The molecule has 0 aromatic carbocycles. The monoisotopic (exact) mass is 436 g/mol. The van der Waals surface area contributed by atoms with Crippen molar-refractivity contribution < 1.29 is 17.2 Å². The van der Waals surface area contributed by atoms with E-state index in [9.17, 15) is 17.2 Å². The van der Waals surface area contributed by atoms with E-state index in [1.807, 2.05) is 4.72 Å². The third-order valence-corrected chi connectivity index (χ3v) is 5.26. The molecular weight excluding hydrogens is 418 g/mol. The van der Waals surface area contributed by atoms with Crippen LogP contribution in [0, 0.1) is 11.6 Å². The van der Waals surface area contributed by atoms with E-state index in [0.29, 0.717) is 24.1 Å². The van der Waals surface area contributed by atoms with E-state index in [1.54, 1.807) is 20.0 Å². The minimum absolute atomic E-state index is 0.00428. The highest BCUT2D eigenvalue weighted by molar-refractivity contribution is 7.92. The van der Waals surface area contributed by atoms with Crippen LogP contribution in [-0.4, -0.2) is 46.1 Å². The maximum absolute atomic E-state index is 14.9. The van der Waals surface area contributed by atoms with Crippen molar-refractivity contribution in [1.29, 1.82) is 0 Å². The Balaban J connectivity index is 2.00. The largest absolute Gasteiger partial charge is 0.373 e. The Hall–Kier alpha value is -3.48. The average molecular weight is 436 g/mol. The van der Waals surface area contributed by atoms with Gasteiger partial charge in [-0.15, -0.1) is 0 Å². The fourth-order valence-electron chi connectivity index (χ4n) is 2.48. The van der Waals surface area contributed by atoms with E-state index in [4.69, 9.17) is 0 Å². The first-order chi connectivity index (χ1) is 14.3. The van der Waals surface area contributed by atoms with Crippen molar-refractivity contribution in [1.82, 2.24) is 24.9 Å². The minimum atomic E-state index is -3.82. The first-order valence-corrected chi connectivity index (χ1v) is 10.4. The fourth-order valence-corrected chi connectivity index (χ4v) is 3.55. The van der Waals surface area contributed by atoms with Crippen LogP contribution >= 0.6 is 0 Å². The van der Waals surface area contributed by atoms with E-state index in [-0.39, 0.29) is 17.3 Å². The van der Waals surface area contributed by atoms with Gasteiger partial charge < -0.3 is 10.6 Å². The van der Waals surface area contributed by atoms with Crippen molar-refractivity contribution in [3.05, 3.63) is 42.6 Å². The van der Waals surface area contributed by atoms with Crippen LogP contribution in [-0.2, 0) is 10.0 Å². The minimum Gasteiger partial charge on any atom is -0.373 e. The number of rotatable bonds is 8. The van der Waals surface area contributed by atoms with Crippen LogP contribution in [0.2, 0.25) is 0 Å². The van der Waals surface area contributed by atoms with Crippen molar-refractivity contribution >= 4 is 33.2 Å².